The van der Waals surface area contributed by atoms with E-state index in [9.17, 15) is 14.4 Å². The molecule has 0 aromatic heterocycles. The summed E-state index contributed by atoms with van der Waals surface area (Å²) in [7, 11) is 0. The highest BCUT2D eigenvalue weighted by Crippen LogP contribution is 2.60. The molecule has 0 N–H and O–H groups in total. The minimum atomic E-state index is -1.43. The molecule has 0 amide bonds. The van der Waals surface area contributed by atoms with Crippen molar-refractivity contribution in [1.29, 1.82) is 0 Å². The van der Waals surface area contributed by atoms with Gasteiger partial charge in [-0.15, -0.1) is 0 Å². The molecule has 23 heavy (non-hydrogen) atoms. The summed E-state index contributed by atoms with van der Waals surface area (Å²) in [6, 6.07) is 0. The van der Waals surface area contributed by atoms with Gasteiger partial charge in [-0.05, 0) is 40.5 Å². The highest BCUT2D eigenvalue weighted by atomic mass is 16.6. The van der Waals surface area contributed by atoms with E-state index in [4.69, 9.17) is 14.2 Å². The van der Waals surface area contributed by atoms with E-state index in [0.29, 0.717) is 6.42 Å². The van der Waals surface area contributed by atoms with Crippen LogP contribution >= 0.6 is 0 Å². The van der Waals surface area contributed by atoms with E-state index in [1.54, 1.807) is 0 Å². The van der Waals surface area contributed by atoms with Crippen molar-refractivity contribution in [3.05, 3.63) is 12.2 Å². The zero-order valence-corrected chi connectivity index (χ0v) is 13.9. The Morgan fingerprint density at radius 1 is 1.35 bits per heavy atom. The van der Waals surface area contributed by atoms with Crippen molar-refractivity contribution in [1.82, 2.24) is 0 Å². The SMILES string of the molecule is C=C(C)C(=O)OC(C)(C)C(=O)OC1(C)C2CC3C(=O)OC1C3C2. The van der Waals surface area contributed by atoms with Crippen LogP contribution < -0.4 is 0 Å². The van der Waals surface area contributed by atoms with Crippen LogP contribution in [0.5, 0.6) is 0 Å². The fraction of sp³-hybridized carbons (Fsp3) is 0.706. The Balaban J connectivity index is 1.74. The number of rotatable bonds is 4. The van der Waals surface area contributed by atoms with E-state index >= 15 is 0 Å². The lowest BCUT2D eigenvalue weighted by molar-refractivity contribution is -0.200. The average Bonchev–Trinajstić information content (AvgIpc) is 3.03. The molecule has 1 heterocycles. The number of esters is 3. The molecule has 0 aromatic rings. The molecular formula is C17H22O6. The topological polar surface area (TPSA) is 78.9 Å². The third-order valence-corrected chi connectivity index (χ3v) is 5.42. The molecule has 3 fully saturated rings. The number of hydrogen-bond donors (Lipinski definition) is 0. The number of hydrogen-bond acceptors (Lipinski definition) is 6. The second kappa shape index (κ2) is 4.82. The van der Waals surface area contributed by atoms with Crippen LogP contribution in [0.2, 0.25) is 0 Å². The molecule has 3 aliphatic rings. The van der Waals surface area contributed by atoms with Gasteiger partial charge >= 0.3 is 17.9 Å². The Morgan fingerprint density at radius 2 is 2.00 bits per heavy atom. The quantitative estimate of drug-likeness (QED) is 0.446. The normalized spacial score (nSPS) is 37.5. The molecule has 2 bridgehead atoms. The monoisotopic (exact) mass is 322 g/mol. The lowest BCUT2D eigenvalue weighted by atomic mass is 9.79. The van der Waals surface area contributed by atoms with E-state index in [0.717, 1.165) is 6.42 Å². The Kier molecular flexibility index (Phi) is 3.36. The van der Waals surface area contributed by atoms with Gasteiger partial charge in [0.25, 0.3) is 0 Å². The first-order valence-corrected chi connectivity index (χ1v) is 7.89. The smallest absolute Gasteiger partial charge is 0.350 e. The minimum Gasteiger partial charge on any atom is -0.458 e. The van der Waals surface area contributed by atoms with Crippen LogP contribution in [0, 0.1) is 17.8 Å². The van der Waals surface area contributed by atoms with Gasteiger partial charge in [-0.3, -0.25) is 4.79 Å². The second-order valence-corrected chi connectivity index (χ2v) is 7.55. The molecular weight excluding hydrogens is 300 g/mol. The van der Waals surface area contributed by atoms with Crippen LogP contribution in [0.4, 0.5) is 0 Å². The molecule has 0 spiro atoms. The number of carbonyl (C=O) groups excluding carboxylic acids is 3. The molecule has 0 aromatic carbocycles. The summed E-state index contributed by atoms with van der Waals surface area (Å²) in [4.78, 5) is 36.1. The summed E-state index contributed by atoms with van der Waals surface area (Å²) in [5.74, 6) is -1.28. The third kappa shape index (κ3) is 2.26. The van der Waals surface area contributed by atoms with E-state index in [-0.39, 0.29) is 29.3 Å². The molecule has 5 unspecified atom stereocenters. The van der Waals surface area contributed by atoms with Crippen LogP contribution in [0.15, 0.2) is 12.2 Å². The molecule has 5 atom stereocenters. The zero-order chi connectivity index (χ0) is 17.2. The molecule has 126 valence electrons. The molecule has 6 nitrogen and oxygen atoms in total. The summed E-state index contributed by atoms with van der Waals surface area (Å²) in [6.07, 6.45) is 1.13. The third-order valence-electron chi connectivity index (χ3n) is 5.42. The van der Waals surface area contributed by atoms with Crippen LogP contribution in [-0.2, 0) is 28.6 Å². The highest BCUT2D eigenvalue weighted by Gasteiger charge is 2.69. The van der Waals surface area contributed by atoms with Crippen molar-refractivity contribution in [2.45, 2.75) is 57.8 Å². The van der Waals surface area contributed by atoms with E-state index in [2.05, 4.69) is 6.58 Å². The first-order chi connectivity index (χ1) is 10.6. The van der Waals surface area contributed by atoms with Gasteiger partial charge in [0.1, 0.15) is 11.7 Å². The molecule has 1 aliphatic heterocycles. The predicted molar refractivity (Wildman–Crippen MR) is 79.1 cm³/mol. The largest absolute Gasteiger partial charge is 0.458 e. The summed E-state index contributed by atoms with van der Waals surface area (Å²) < 4.78 is 16.4. The van der Waals surface area contributed by atoms with Gasteiger partial charge in [-0.1, -0.05) is 6.58 Å². The van der Waals surface area contributed by atoms with Gasteiger partial charge in [-0.25, -0.2) is 9.59 Å². The van der Waals surface area contributed by atoms with Gasteiger partial charge in [-0.2, -0.15) is 0 Å². The maximum atomic E-state index is 12.5. The van der Waals surface area contributed by atoms with Crippen LogP contribution in [0.3, 0.4) is 0 Å². The highest BCUT2D eigenvalue weighted by molar-refractivity contribution is 5.90. The average molecular weight is 322 g/mol. The zero-order valence-electron chi connectivity index (χ0n) is 13.9. The summed E-state index contributed by atoms with van der Waals surface area (Å²) in [5, 5.41) is 0. The van der Waals surface area contributed by atoms with Crippen molar-refractivity contribution in [2.75, 3.05) is 0 Å². The standard InChI is InChI=1S/C17H22O6/c1-8(2)13(18)22-16(3,4)15(20)23-17(5)9-6-10-11(7-9)14(19)21-12(10)17/h9-12H,1,6-7H2,2-5H3. The molecule has 2 saturated carbocycles. The van der Waals surface area contributed by atoms with Gasteiger partial charge in [0, 0.05) is 17.4 Å². The summed E-state index contributed by atoms with van der Waals surface area (Å²) in [6.45, 7) is 9.79. The number of ether oxygens (including phenoxy) is 3. The molecule has 3 rings (SSSR count). The van der Waals surface area contributed by atoms with Gasteiger partial charge in [0.2, 0.25) is 5.60 Å². The lowest BCUT2D eigenvalue weighted by Crippen LogP contribution is -2.52. The van der Waals surface area contributed by atoms with Crippen molar-refractivity contribution < 1.29 is 28.6 Å². The van der Waals surface area contributed by atoms with Crippen molar-refractivity contribution >= 4 is 17.9 Å². The first kappa shape index (κ1) is 16.0. The number of fused-ring (bicyclic) bond motifs is 1. The fourth-order valence-electron chi connectivity index (χ4n) is 4.04. The number of carbonyl (C=O) groups is 3. The van der Waals surface area contributed by atoms with Gasteiger partial charge in [0.15, 0.2) is 0 Å². The molecule has 1 saturated heterocycles. The molecule has 0 radical (unpaired) electrons. The Labute approximate surface area is 135 Å². The van der Waals surface area contributed by atoms with Crippen LogP contribution in [0.25, 0.3) is 0 Å². The predicted octanol–water partition coefficient (Wildman–Crippen LogP) is 1.77. The maximum Gasteiger partial charge on any atom is 0.350 e. The van der Waals surface area contributed by atoms with Crippen LogP contribution in [0.1, 0.15) is 40.5 Å². The minimum absolute atomic E-state index is 0.0500. The van der Waals surface area contributed by atoms with Gasteiger partial charge in [0.05, 0.1) is 5.92 Å². The Bertz CT molecular complexity index is 606. The van der Waals surface area contributed by atoms with E-state index in [1.165, 1.54) is 20.8 Å². The Morgan fingerprint density at radius 3 is 2.61 bits per heavy atom. The van der Waals surface area contributed by atoms with Gasteiger partial charge < -0.3 is 14.2 Å². The van der Waals surface area contributed by atoms with Crippen molar-refractivity contribution in [3.63, 3.8) is 0 Å². The maximum absolute atomic E-state index is 12.5. The van der Waals surface area contributed by atoms with E-state index < -0.39 is 29.2 Å². The molecule has 6 heteroatoms. The second-order valence-electron chi connectivity index (χ2n) is 7.55. The Hall–Kier alpha value is -1.85. The van der Waals surface area contributed by atoms with Crippen LogP contribution in [-0.4, -0.2) is 35.2 Å². The summed E-state index contributed by atoms with van der Waals surface area (Å²) >= 11 is 0. The lowest BCUT2D eigenvalue weighted by Gasteiger charge is -2.38. The summed E-state index contributed by atoms with van der Waals surface area (Å²) in [5.41, 5.74) is -2.07. The first-order valence-electron chi connectivity index (χ1n) is 7.89. The van der Waals surface area contributed by atoms with E-state index in [1.807, 2.05) is 6.92 Å². The van der Waals surface area contributed by atoms with Crippen molar-refractivity contribution in [3.8, 4) is 0 Å². The fourth-order valence-corrected chi connectivity index (χ4v) is 4.04. The van der Waals surface area contributed by atoms with Crippen molar-refractivity contribution in [2.24, 2.45) is 17.8 Å². The molecule has 2 aliphatic carbocycles.